The van der Waals surface area contributed by atoms with Crippen LogP contribution in [-0.4, -0.2) is 22.5 Å². The zero-order valence-corrected chi connectivity index (χ0v) is 13.9. The lowest BCUT2D eigenvalue weighted by Crippen LogP contribution is -2.11. The monoisotopic (exact) mass is 346 g/mol. The Hall–Kier alpha value is -3.67. The Kier molecular flexibility index (Phi) is 3.65. The molecule has 6 nitrogen and oxygen atoms in total. The molecule has 0 atom stereocenters. The minimum absolute atomic E-state index is 0.00250. The van der Waals surface area contributed by atoms with E-state index in [2.05, 4.69) is 0 Å². The van der Waals surface area contributed by atoms with Crippen molar-refractivity contribution in [2.24, 2.45) is 0 Å². The van der Waals surface area contributed by atoms with E-state index in [-0.39, 0.29) is 11.6 Å². The van der Waals surface area contributed by atoms with Crippen LogP contribution in [0.3, 0.4) is 0 Å². The van der Waals surface area contributed by atoms with Crippen molar-refractivity contribution in [2.45, 2.75) is 0 Å². The number of ether oxygens (including phenoxy) is 1. The van der Waals surface area contributed by atoms with Crippen LogP contribution in [0.5, 0.6) is 5.75 Å². The summed E-state index contributed by atoms with van der Waals surface area (Å²) in [6.45, 7) is 0. The van der Waals surface area contributed by atoms with E-state index in [0.29, 0.717) is 27.7 Å². The van der Waals surface area contributed by atoms with E-state index in [1.54, 1.807) is 42.0 Å². The van der Waals surface area contributed by atoms with Crippen LogP contribution < -0.4 is 4.74 Å². The number of rotatable bonds is 3. The molecule has 0 fully saturated rings. The number of nitrogens with zero attached hydrogens (tertiary/aromatic N) is 2. The molecule has 0 bridgehead atoms. The quantitative estimate of drug-likeness (QED) is 0.407. The van der Waals surface area contributed by atoms with E-state index in [0.717, 1.165) is 5.39 Å². The normalized spacial score (nSPS) is 11.0. The van der Waals surface area contributed by atoms with Gasteiger partial charge >= 0.3 is 0 Å². The number of carbonyl (C=O) groups excluding carboxylic acids is 1. The van der Waals surface area contributed by atoms with E-state index in [4.69, 9.17) is 4.74 Å². The molecule has 0 N–H and O–H groups in total. The number of methoxy groups -OCH3 is 1. The number of fused-ring (bicyclic) bond motifs is 3. The standard InChI is InChI=1S/C20H14N2O4/c1-26-15-9-6-13(7-10-15)20(23)21-18-5-3-2-4-16(18)17-12-14(22(24)25)8-11-19(17)21/h2-12H,1H3. The van der Waals surface area contributed by atoms with Crippen molar-refractivity contribution in [3.63, 3.8) is 0 Å². The van der Waals surface area contributed by atoms with Gasteiger partial charge in [0.25, 0.3) is 11.6 Å². The van der Waals surface area contributed by atoms with Crippen molar-refractivity contribution in [3.05, 3.63) is 82.4 Å². The first-order valence-electron chi connectivity index (χ1n) is 7.96. The summed E-state index contributed by atoms with van der Waals surface area (Å²) >= 11 is 0. The summed E-state index contributed by atoms with van der Waals surface area (Å²) in [4.78, 5) is 23.8. The summed E-state index contributed by atoms with van der Waals surface area (Å²) < 4.78 is 6.73. The van der Waals surface area contributed by atoms with Gasteiger partial charge in [-0.2, -0.15) is 0 Å². The highest BCUT2D eigenvalue weighted by Crippen LogP contribution is 2.32. The van der Waals surface area contributed by atoms with Gasteiger partial charge in [0.2, 0.25) is 0 Å². The third-order valence-corrected chi connectivity index (χ3v) is 4.41. The zero-order valence-electron chi connectivity index (χ0n) is 13.9. The molecular weight excluding hydrogens is 332 g/mol. The highest BCUT2D eigenvalue weighted by molar-refractivity contribution is 6.16. The lowest BCUT2D eigenvalue weighted by atomic mass is 10.1. The molecule has 0 radical (unpaired) electrons. The molecule has 0 amide bonds. The number of benzene rings is 3. The lowest BCUT2D eigenvalue weighted by molar-refractivity contribution is -0.384. The highest BCUT2D eigenvalue weighted by atomic mass is 16.6. The van der Waals surface area contributed by atoms with Gasteiger partial charge < -0.3 is 4.74 Å². The molecule has 6 heteroatoms. The van der Waals surface area contributed by atoms with Gasteiger partial charge in [-0.1, -0.05) is 18.2 Å². The molecule has 0 saturated heterocycles. The molecular formula is C20H14N2O4. The van der Waals surface area contributed by atoms with Crippen LogP contribution >= 0.6 is 0 Å². The zero-order chi connectivity index (χ0) is 18.3. The second-order valence-electron chi connectivity index (χ2n) is 5.84. The fourth-order valence-corrected chi connectivity index (χ4v) is 3.16. The predicted octanol–water partition coefficient (Wildman–Crippen LogP) is 4.40. The van der Waals surface area contributed by atoms with Gasteiger partial charge in [0.05, 0.1) is 23.1 Å². The SMILES string of the molecule is COc1ccc(C(=O)n2c3ccccc3c3cc([N+](=O)[O-])ccc32)cc1. The maximum absolute atomic E-state index is 13.1. The van der Waals surface area contributed by atoms with Gasteiger partial charge in [-0.05, 0) is 36.4 Å². The smallest absolute Gasteiger partial charge is 0.270 e. The Bertz CT molecular complexity index is 1160. The molecule has 0 aliphatic rings. The number of para-hydroxylation sites is 1. The van der Waals surface area contributed by atoms with Crippen molar-refractivity contribution in [3.8, 4) is 5.75 Å². The maximum atomic E-state index is 13.1. The first-order chi connectivity index (χ1) is 12.6. The van der Waals surface area contributed by atoms with Gasteiger partial charge in [0.1, 0.15) is 5.75 Å². The summed E-state index contributed by atoms with van der Waals surface area (Å²) in [7, 11) is 1.57. The van der Waals surface area contributed by atoms with E-state index in [1.165, 1.54) is 12.1 Å². The maximum Gasteiger partial charge on any atom is 0.270 e. The molecule has 0 spiro atoms. The Balaban J connectivity index is 1.97. The summed E-state index contributed by atoms with van der Waals surface area (Å²) in [6, 6.07) is 18.8. The van der Waals surface area contributed by atoms with Crippen molar-refractivity contribution >= 4 is 33.4 Å². The molecule has 0 saturated carbocycles. The van der Waals surface area contributed by atoms with Crippen LogP contribution in [0.15, 0.2) is 66.7 Å². The number of aromatic nitrogens is 1. The van der Waals surface area contributed by atoms with Gasteiger partial charge in [0, 0.05) is 28.5 Å². The highest BCUT2D eigenvalue weighted by Gasteiger charge is 2.19. The average Bonchev–Trinajstić information content (AvgIpc) is 3.01. The number of hydrogen-bond donors (Lipinski definition) is 0. The summed E-state index contributed by atoms with van der Waals surface area (Å²) in [5, 5.41) is 12.6. The number of hydrogen-bond acceptors (Lipinski definition) is 4. The molecule has 1 heterocycles. The van der Waals surface area contributed by atoms with E-state index < -0.39 is 4.92 Å². The Morgan fingerprint density at radius 2 is 1.65 bits per heavy atom. The Morgan fingerprint density at radius 1 is 0.962 bits per heavy atom. The Morgan fingerprint density at radius 3 is 2.35 bits per heavy atom. The average molecular weight is 346 g/mol. The van der Waals surface area contributed by atoms with Crippen molar-refractivity contribution in [2.75, 3.05) is 7.11 Å². The number of carbonyl (C=O) groups is 1. The number of nitro groups is 1. The minimum atomic E-state index is -0.434. The molecule has 3 aromatic carbocycles. The van der Waals surface area contributed by atoms with Crippen molar-refractivity contribution < 1.29 is 14.5 Å². The molecule has 4 rings (SSSR count). The second kappa shape index (κ2) is 6.00. The largest absolute Gasteiger partial charge is 0.497 e. The molecule has 0 aliphatic carbocycles. The van der Waals surface area contributed by atoms with Gasteiger partial charge in [-0.25, -0.2) is 0 Å². The third-order valence-electron chi connectivity index (χ3n) is 4.41. The van der Waals surface area contributed by atoms with Crippen molar-refractivity contribution in [1.82, 2.24) is 4.57 Å². The van der Waals surface area contributed by atoms with Crippen molar-refractivity contribution in [1.29, 1.82) is 0 Å². The van der Waals surface area contributed by atoms with Crippen LogP contribution in [-0.2, 0) is 0 Å². The van der Waals surface area contributed by atoms with Gasteiger partial charge in [0.15, 0.2) is 0 Å². The molecule has 128 valence electrons. The summed E-state index contributed by atoms with van der Waals surface area (Å²) in [5.74, 6) is 0.465. The van der Waals surface area contributed by atoms with Crippen LogP contribution in [0.2, 0.25) is 0 Å². The predicted molar refractivity (Wildman–Crippen MR) is 98.8 cm³/mol. The van der Waals surface area contributed by atoms with Crippen LogP contribution in [0.1, 0.15) is 10.4 Å². The van der Waals surface area contributed by atoms with Crippen LogP contribution in [0.4, 0.5) is 5.69 Å². The van der Waals surface area contributed by atoms with Crippen LogP contribution in [0, 0.1) is 10.1 Å². The molecule has 0 unspecified atom stereocenters. The van der Waals surface area contributed by atoms with Gasteiger partial charge in [-0.3, -0.25) is 19.5 Å². The third kappa shape index (κ3) is 2.39. The van der Waals surface area contributed by atoms with Gasteiger partial charge in [-0.15, -0.1) is 0 Å². The first-order valence-corrected chi connectivity index (χ1v) is 7.96. The lowest BCUT2D eigenvalue weighted by Gasteiger charge is -2.07. The molecule has 4 aromatic rings. The first kappa shape index (κ1) is 15.8. The summed E-state index contributed by atoms with van der Waals surface area (Å²) in [6.07, 6.45) is 0. The van der Waals surface area contributed by atoms with E-state index in [1.807, 2.05) is 24.3 Å². The fraction of sp³-hybridized carbons (Fsp3) is 0.0500. The molecule has 0 aliphatic heterocycles. The second-order valence-corrected chi connectivity index (χ2v) is 5.84. The fourth-order valence-electron chi connectivity index (χ4n) is 3.16. The minimum Gasteiger partial charge on any atom is -0.497 e. The summed E-state index contributed by atoms with van der Waals surface area (Å²) in [5.41, 5.74) is 1.85. The Labute approximate surface area is 148 Å². The van der Waals surface area contributed by atoms with Crippen LogP contribution in [0.25, 0.3) is 21.8 Å². The topological polar surface area (TPSA) is 74.4 Å². The number of non-ortho nitro benzene ring substituents is 1. The number of nitro benzene ring substituents is 1. The van der Waals surface area contributed by atoms with E-state index in [9.17, 15) is 14.9 Å². The van der Waals surface area contributed by atoms with E-state index >= 15 is 0 Å². The molecule has 26 heavy (non-hydrogen) atoms. The molecule has 1 aromatic heterocycles.